The highest BCUT2D eigenvalue weighted by atomic mass is 32.2. The van der Waals surface area contributed by atoms with Gasteiger partial charge in [0.25, 0.3) is 0 Å². The van der Waals surface area contributed by atoms with E-state index in [1.165, 1.54) is 0 Å². The fourth-order valence-corrected chi connectivity index (χ4v) is 3.79. The van der Waals surface area contributed by atoms with Crippen molar-refractivity contribution >= 4 is 21.7 Å². The molecule has 120 valence electrons. The Hall–Kier alpha value is -1.80. The average molecular weight is 325 g/mol. The van der Waals surface area contributed by atoms with Crippen molar-refractivity contribution in [3.8, 4) is 5.75 Å². The van der Waals surface area contributed by atoms with Gasteiger partial charge in [0.1, 0.15) is 11.9 Å². The van der Waals surface area contributed by atoms with Crippen molar-refractivity contribution in [2.75, 3.05) is 11.8 Å². The molecule has 1 aromatic rings. The van der Waals surface area contributed by atoms with Crippen molar-refractivity contribution in [3.63, 3.8) is 0 Å². The number of hydrogen-bond donors (Lipinski definition) is 2. The Morgan fingerprint density at radius 3 is 2.73 bits per heavy atom. The second kappa shape index (κ2) is 5.77. The van der Waals surface area contributed by atoms with Crippen molar-refractivity contribution in [3.05, 3.63) is 23.8 Å². The van der Waals surface area contributed by atoms with E-state index in [1.807, 2.05) is 0 Å². The van der Waals surface area contributed by atoms with Gasteiger partial charge >= 0.3 is 10.2 Å². The first kappa shape index (κ1) is 15.1. The Morgan fingerprint density at radius 2 is 2.00 bits per heavy atom. The third-order valence-electron chi connectivity index (χ3n) is 3.96. The molecule has 22 heavy (non-hydrogen) atoms. The van der Waals surface area contributed by atoms with Gasteiger partial charge in [-0.1, -0.05) is 12.5 Å². The zero-order valence-corrected chi connectivity index (χ0v) is 13.1. The molecule has 0 amide bonds. The van der Waals surface area contributed by atoms with Crippen molar-refractivity contribution in [2.45, 2.75) is 37.9 Å². The summed E-state index contributed by atoms with van der Waals surface area (Å²) < 4.78 is 40.6. The predicted octanol–water partition coefficient (Wildman–Crippen LogP) is 1.40. The van der Waals surface area contributed by atoms with E-state index < -0.39 is 10.2 Å². The number of hydrogen-bond acceptors (Lipinski definition) is 5. The van der Waals surface area contributed by atoms with E-state index in [9.17, 15) is 8.42 Å². The van der Waals surface area contributed by atoms with Crippen LogP contribution in [0.3, 0.4) is 0 Å². The number of ether oxygens (including phenoxy) is 2. The number of amidine groups is 1. The van der Waals surface area contributed by atoms with E-state index in [0.29, 0.717) is 17.0 Å². The predicted molar refractivity (Wildman–Crippen MR) is 83.4 cm³/mol. The minimum atomic E-state index is -3.78. The summed E-state index contributed by atoms with van der Waals surface area (Å²) in [5.41, 5.74) is 6.68. The lowest BCUT2D eigenvalue weighted by Gasteiger charge is -2.32. The normalized spacial score (nSPS) is 26.5. The van der Waals surface area contributed by atoms with Crippen LogP contribution >= 0.6 is 0 Å². The third-order valence-corrected chi connectivity index (χ3v) is 4.88. The number of fused-ring (bicyclic) bond motifs is 1. The summed E-state index contributed by atoms with van der Waals surface area (Å²) in [6, 6.07) is 5.12. The largest absolute Gasteiger partial charge is 0.487 e. The van der Waals surface area contributed by atoms with E-state index in [-0.39, 0.29) is 18.0 Å². The monoisotopic (exact) mass is 325 g/mol. The van der Waals surface area contributed by atoms with Crippen LogP contribution in [-0.2, 0) is 14.9 Å². The van der Waals surface area contributed by atoms with Gasteiger partial charge in [-0.2, -0.15) is 8.42 Å². The Bertz CT molecular complexity index is 702. The molecule has 0 saturated heterocycles. The molecule has 3 rings (SSSR count). The van der Waals surface area contributed by atoms with Crippen LogP contribution in [0.4, 0.5) is 5.69 Å². The number of anilines is 1. The van der Waals surface area contributed by atoms with Crippen LogP contribution in [0.5, 0.6) is 5.75 Å². The van der Waals surface area contributed by atoms with Gasteiger partial charge in [0.15, 0.2) is 5.84 Å². The highest BCUT2D eigenvalue weighted by molar-refractivity contribution is 7.91. The highest BCUT2D eigenvalue weighted by Crippen LogP contribution is 2.33. The third kappa shape index (κ3) is 2.89. The van der Waals surface area contributed by atoms with Crippen LogP contribution < -0.4 is 15.2 Å². The SMILES string of the molecule is CO[C@H]1CCCC[C@@H]1Oc1cccc2c1C(N)=NS(=O)(=O)N2. The van der Waals surface area contributed by atoms with E-state index in [2.05, 4.69) is 9.12 Å². The molecule has 1 fully saturated rings. The molecule has 7 nitrogen and oxygen atoms in total. The standard InChI is InChI=1S/C14H19N3O4S/c1-20-10-6-2-3-7-11(10)21-12-8-4-5-9-13(12)14(15)17-22(18,19)16-9/h4-5,8,10-11,16H,2-3,6-7H2,1H3,(H2,15,17)/t10-,11-/m0/s1. The molecular formula is C14H19N3O4S. The molecule has 2 atom stereocenters. The average Bonchev–Trinajstić information content (AvgIpc) is 2.46. The highest BCUT2D eigenvalue weighted by Gasteiger charge is 2.30. The topological polar surface area (TPSA) is 103 Å². The molecule has 0 spiro atoms. The zero-order chi connectivity index (χ0) is 15.7. The van der Waals surface area contributed by atoms with Gasteiger partial charge in [-0.15, -0.1) is 4.40 Å². The van der Waals surface area contributed by atoms with Gasteiger partial charge in [-0.25, -0.2) is 0 Å². The first-order valence-corrected chi connectivity index (χ1v) is 8.65. The Kier molecular flexibility index (Phi) is 3.96. The lowest BCUT2D eigenvalue weighted by Crippen LogP contribution is -2.37. The molecule has 8 heteroatoms. The van der Waals surface area contributed by atoms with E-state index in [0.717, 1.165) is 25.7 Å². The van der Waals surface area contributed by atoms with Crippen molar-refractivity contribution in [2.24, 2.45) is 10.1 Å². The van der Waals surface area contributed by atoms with Gasteiger partial charge in [-0.3, -0.25) is 4.72 Å². The van der Waals surface area contributed by atoms with E-state index in [1.54, 1.807) is 25.3 Å². The fraction of sp³-hybridized carbons (Fsp3) is 0.500. The minimum absolute atomic E-state index is 0.0306. The second-order valence-corrected chi connectivity index (χ2v) is 6.78. The summed E-state index contributed by atoms with van der Waals surface area (Å²) in [7, 11) is -2.10. The first-order chi connectivity index (χ1) is 10.5. The van der Waals surface area contributed by atoms with Gasteiger partial charge in [0.05, 0.1) is 17.4 Å². The Balaban J connectivity index is 1.93. The molecule has 0 bridgehead atoms. The van der Waals surface area contributed by atoms with Crippen molar-refractivity contribution in [1.29, 1.82) is 0 Å². The van der Waals surface area contributed by atoms with Crippen molar-refractivity contribution in [1.82, 2.24) is 0 Å². The maximum Gasteiger partial charge on any atom is 0.344 e. The number of nitrogens with two attached hydrogens (primary N) is 1. The number of nitrogens with one attached hydrogen (secondary N) is 1. The molecule has 0 aromatic heterocycles. The fourth-order valence-electron chi connectivity index (χ4n) is 2.95. The molecule has 0 unspecified atom stereocenters. The molecule has 1 aromatic carbocycles. The van der Waals surface area contributed by atoms with Crippen LogP contribution in [0.25, 0.3) is 0 Å². The summed E-state index contributed by atoms with van der Waals surface area (Å²) in [5.74, 6) is 0.462. The van der Waals surface area contributed by atoms with Gasteiger partial charge in [-0.05, 0) is 31.4 Å². The summed E-state index contributed by atoms with van der Waals surface area (Å²) in [6.07, 6.45) is 4.00. The molecule has 1 heterocycles. The lowest BCUT2D eigenvalue weighted by molar-refractivity contribution is -0.0229. The molecule has 3 N–H and O–H groups in total. The molecule has 1 saturated carbocycles. The Morgan fingerprint density at radius 1 is 1.27 bits per heavy atom. The second-order valence-electron chi connectivity index (χ2n) is 5.45. The van der Waals surface area contributed by atoms with Crippen LogP contribution in [0.1, 0.15) is 31.2 Å². The zero-order valence-electron chi connectivity index (χ0n) is 12.3. The smallest absolute Gasteiger partial charge is 0.344 e. The number of methoxy groups -OCH3 is 1. The lowest BCUT2D eigenvalue weighted by atomic mass is 9.94. The van der Waals surface area contributed by atoms with Crippen LogP contribution in [0, 0.1) is 0 Å². The molecule has 1 aliphatic heterocycles. The minimum Gasteiger partial charge on any atom is -0.487 e. The number of benzene rings is 1. The van der Waals surface area contributed by atoms with Crippen LogP contribution in [-0.4, -0.2) is 33.6 Å². The van der Waals surface area contributed by atoms with Crippen molar-refractivity contribution < 1.29 is 17.9 Å². The molecular weight excluding hydrogens is 306 g/mol. The van der Waals surface area contributed by atoms with Gasteiger partial charge < -0.3 is 15.2 Å². The maximum absolute atomic E-state index is 11.6. The summed E-state index contributed by atoms with van der Waals surface area (Å²) in [5, 5.41) is 0. The Labute approximate surface area is 129 Å². The summed E-state index contributed by atoms with van der Waals surface area (Å²) in [4.78, 5) is 0. The van der Waals surface area contributed by atoms with E-state index >= 15 is 0 Å². The van der Waals surface area contributed by atoms with E-state index in [4.69, 9.17) is 15.2 Å². The molecule has 1 aliphatic carbocycles. The molecule has 0 radical (unpaired) electrons. The molecule has 2 aliphatic rings. The van der Waals surface area contributed by atoms with Crippen LogP contribution in [0.2, 0.25) is 0 Å². The maximum atomic E-state index is 11.6. The summed E-state index contributed by atoms with van der Waals surface area (Å²) >= 11 is 0. The number of rotatable bonds is 3. The van der Waals surface area contributed by atoms with Gasteiger partial charge in [0.2, 0.25) is 0 Å². The first-order valence-electron chi connectivity index (χ1n) is 7.21. The number of nitrogens with zero attached hydrogens (tertiary/aromatic N) is 1. The quantitative estimate of drug-likeness (QED) is 0.874. The summed E-state index contributed by atoms with van der Waals surface area (Å²) in [6.45, 7) is 0. The van der Waals surface area contributed by atoms with Gasteiger partial charge in [0, 0.05) is 7.11 Å². The van der Waals surface area contributed by atoms with Crippen LogP contribution in [0.15, 0.2) is 22.6 Å².